The number of carboxylic acid groups (broad SMARTS) is 1. The molecule has 2 N–H and O–H groups in total. The molecule has 0 spiro atoms. The third kappa shape index (κ3) is 3.44. The lowest BCUT2D eigenvalue weighted by molar-refractivity contribution is -0.138. The van der Waals surface area contributed by atoms with Gasteiger partial charge in [0.2, 0.25) is 0 Å². The number of benzene rings is 1. The van der Waals surface area contributed by atoms with Crippen molar-refractivity contribution in [2.75, 3.05) is 5.32 Å². The molecule has 0 aliphatic heterocycles. The maximum Gasteiger partial charge on any atom is 0.326 e. The van der Waals surface area contributed by atoms with Gasteiger partial charge in [0.15, 0.2) is 0 Å². The number of carbonyl (C=O) groups is 1. The lowest BCUT2D eigenvalue weighted by Gasteiger charge is -2.17. The lowest BCUT2D eigenvalue weighted by atomic mass is 10.0. The quantitative estimate of drug-likeness (QED) is 0.864. The highest BCUT2D eigenvalue weighted by Crippen LogP contribution is 2.20. The van der Waals surface area contributed by atoms with Crippen LogP contribution >= 0.6 is 0 Å². The number of hydrogen-bond acceptors (Lipinski definition) is 3. The van der Waals surface area contributed by atoms with Gasteiger partial charge in [-0.15, -0.1) is 0 Å². The maximum absolute atomic E-state index is 11.2. The Balaban J connectivity index is 2.21. The second-order valence-electron chi connectivity index (χ2n) is 5.10. The van der Waals surface area contributed by atoms with E-state index in [9.17, 15) is 9.90 Å². The highest BCUT2D eigenvalue weighted by molar-refractivity contribution is 5.86. The van der Waals surface area contributed by atoms with Crippen LogP contribution in [0.2, 0.25) is 0 Å². The standard InChI is InChI=1S/C15H18N2O2/c1-10(2)7-14(15(18)19)17-13-4-3-11-5-6-16-9-12(11)8-13/h3-6,8-10,14,17H,7H2,1-2H3,(H,18,19). The molecule has 4 nitrogen and oxygen atoms in total. The summed E-state index contributed by atoms with van der Waals surface area (Å²) in [5, 5.41) is 14.4. The number of hydrogen-bond donors (Lipinski definition) is 2. The van der Waals surface area contributed by atoms with E-state index < -0.39 is 12.0 Å². The summed E-state index contributed by atoms with van der Waals surface area (Å²) in [4.78, 5) is 15.3. The molecule has 0 fully saturated rings. The minimum Gasteiger partial charge on any atom is -0.480 e. The van der Waals surface area contributed by atoms with Crippen molar-refractivity contribution in [2.24, 2.45) is 5.92 Å². The highest BCUT2D eigenvalue weighted by atomic mass is 16.4. The van der Waals surface area contributed by atoms with Crippen LogP contribution in [0.3, 0.4) is 0 Å². The van der Waals surface area contributed by atoms with E-state index in [4.69, 9.17) is 0 Å². The molecular formula is C15H18N2O2. The molecule has 1 heterocycles. The largest absolute Gasteiger partial charge is 0.480 e. The lowest BCUT2D eigenvalue weighted by Crippen LogP contribution is -2.30. The van der Waals surface area contributed by atoms with Crippen LogP contribution in [-0.4, -0.2) is 22.1 Å². The number of carboxylic acids is 1. The van der Waals surface area contributed by atoms with Crippen LogP contribution in [0.15, 0.2) is 36.7 Å². The molecule has 1 atom stereocenters. The molecule has 1 unspecified atom stereocenters. The minimum atomic E-state index is -0.819. The van der Waals surface area contributed by atoms with E-state index in [1.54, 1.807) is 12.4 Å². The third-order valence-electron chi connectivity index (χ3n) is 2.99. The van der Waals surface area contributed by atoms with E-state index >= 15 is 0 Å². The Morgan fingerprint density at radius 3 is 2.79 bits per heavy atom. The van der Waals surface area contributed by atoms with Crippen LogP contribution in [-0.2, 0) is 4.79 Å². The van der Waals surface area contributed by atoms with Crippen molar-refractivity contribution in [1.29, 1.82) is 0 Å². The predicted octanol–water partition coefficient (Wildman–Crippen LogP) is 3.15. The number of aromatic nitrogens is 1. The first-order valence-electron chi connectivity index (χ1n) is 6.39. The van der Waals surface area contributed by atoms with E-state index in [2.05, 4.69) is 10.3 Å². The van der Waals surface area contributed by atoms with E-state index in [1.807, 2.05) is 38.1 Å². The van der Waals surface area contributed by atoms with Crippen molar-refractivity contribution in [3.05, 3.63) is 36.7 Å². The topological polar surface area (TPSA) is 62.2 Å². The Bertz CT molecular complexity index is 581. The average molecular weight is 258 g/mol. The molecule has 0 saturated heterocycles. The molecule has 0 bridgehead atoms. The fourth-order valence-electron chi connectivity index (χ4n) is 2.07. The number of nitrogens with zero attached hydrogens (tertiary/aromatic N) is 1. The van der Waals surface area contributed by atoms with Gasteiger partial charge in [-0.05, 0) is 35.9 Å². The predicted molar refractivity (Wildman–Crippen MR) is 76.2 cm³/mol. The van der Waals surface area contributed by atoms with Gasteiger partial charge in [0.25, 0.3) is 0 Å². The van der Waals surface area contributed by atoms with E-state index in [0.717, 1.165) is 16.5 Å². The van der Waals surface area contributed by atoms with Gasteiger partial charge in [-0.2, -0.15) is 0 Å². The first-order valence-corrected chi connectivity index (χ1v) is 6.39. The number of nitrogens with one attached hydrogen (secondary N) is 1. The number of anilines is 1. The van der Waals surface area contributed by atoms with Gasteiger partial charge in [-0.3, -0.25) is 4.98 Å². The van der Waals surface area contributed by atoms with Crippen LogP contribution in [0.25, 0.3) is 10.8 Å². The van der Waals surface area contributed by atoms with E-state index in [1.165, 1.54) is 0 Å². The molecular weight excluding hydrogens is 240 g/mol. The van der Waals surface area contributed by atoms with Crippen LogP contribution < -0.4 is 5.32 Å². The Labute approximate surface area is 112 Å². The normalized spacial score (nSPS) is 12.6. The fraction of sp³-hybridized carbons (Fsp3) is 0.333. The van der Waals surface area contributed by atoms with Crippen LogP contribution in [0.1, 0.15) is 20.3 Å². The number of aliphatic carboxylic acids is 1. The summed E-state index contributed by atoms with van der Waals surface area (Å²) >= 11 is 0. The van der Waals surface area contributed by atoms with Gasteiger partial charge in [-0.25, -0.2) is 4.79 Å². The molecule has 2 rings (SSSR count). The fourth-order valence-corrected chi connectivity index (χ4v) is 2.07. The zero-order valence-electron chi connectivity index (χ0n) is 11.1. The molecule has 0 saturated carbocycles. The van der Waals surface area contributed by atoms with Crippen LogP contribution in [0.4, 0.5) is 5.69 Å². The molecule has 100 valence electrons. The van der Waals surface area contributed by atoms with Crippen molar-refractivity contribution < 1.29 is 9.90 Å². The molecule has 2 aromatic rings. The number of fused-ring (bicyclic) bond motifs is 1. The molecule has 0 radical (unpaired) electrons. The van der Waals surface area contributed by atoms with Crippen molar-refractivity contribution in [2.45, 2.75) is 26.3 Å². The van der Waals surface area contributed by atoms with Gasteiger partial charge in [0.05, 0.1) is 0 Å². The van der Waals surface area contributed by atoms with E-state index in [-0.39, 0.29) is 0 Å². The molecule has 0 amide bonds. The van der Waals surface area contributed by atoms with Gasteiger partial charge < -0.3 is 10.4 Å². The van der Waals surface area contributed by atoms with Gasteiger partial charge >= 0.3 is 5.97 Å². The summed E-state index contributed by atoms with van der Waals surface area (Å²) in [6.45, 7) is 4.03. The van der Waals surface area contributed by atoms with E-state index in [0.29, 0.717) is 12.3 Å². The Morgan fingerprint density at radius 1 is 1.32 bits per heavy atom. The molecule has 0 aliphatic carbocycles. The average Bonchev–Trinajstić information content (AvgIpc) is 2.37. The summed E-state index contributed by atoms with van der Waals surface area (Å²) in [7, 11) is 0. The minimum absolute atomic E-state index is 0.329. The first kappa shape index (κ1) is 13.3. The first-order chi connectivity index (χ1) is 9.06. The third-order valence-corrected chi connectivity index (χ3v) is 2.99. The summed E-state index contributed by atoms with van der Waals surface area (Å²) < 4.78 is 0. The van der Waals surface area contributed by atoms with Gasteiger partial charge in [0, 0.05) is 23.5 Å². The van der Waals surface area contributed by atoms with Gasteiger partial charge in [-0.1, -0.05) is 19.9 Å². The smallest absolute Gasteiger partial charge is 0.326 e. The zero-order chi connectivity index (χ0) is 13.8. The van der Waals surface area contributed by atoms with Crippen molar-refractivity contribution in [3.8, 4) is 0 Å². The molecule has 1 aromatic heterocycles. The maximum atomic E-state index is 11.2. The molecule has 19 heavy (non-hydrogen) atoms. The summed E-state index contributed by atoms with van der Waals surface area (Å²) in [5.41, 5.74) is 0.813. The Morgan fingerprint density at radius 2 is 2.11 bits per heavy atom. The molecule has 4 heteroatoms. The Kier molecular flexibility index (Phi) is 4.00. The van der Waals surface area contributed by atoms with Gasteiger partial charge in [0.1, 0.15) is 6.04 Å². The van der Waals surface area contributed by atoms with Crippen molar-refractivity contribution in [3.63, 3.8) is 0 Å². The second kappa shape index (κ2) is 5.69. The van der Waals surface area contributed by atoms with Crippen molar-refractivity contribution >= 4 is 22.4 Å². The summed E-state index contributed by atoms with van der Waals surface area (Å²) in [5.74, 6) is -0.490. The Hall–Kier alpha value is -2.10. The number of pyridine rings is 1. The van der Waals surface area contributed by atoms with Crippen molar-refractivity contribution in [1.82, 2.24) is 4.98 Å². The zero-order valence-corrected chi connectivity index (χ0v) is 11.1. The van der Waals surface area contributed by atoms with Crippen LogP contribution in [0.5, 0.6) is 0 Å². The molecule has 1 aromatic carbocycles. The SMILES string of the molecule is CC(C)CC(Nc1ccc2ccncc2c1)C(=O)O. The summed E-state index contributed by atoms with van der Waals surface area (Å²) in [6.07, 6.45) is 4.12. The monoisotopic (exact) mass is 258 g/mol. The highest BCUT2D eigenvalue weighted by Gasteiger charge is 2.18. The molecule has 0 aliphatic rings. The van der Waals surface area contributed by atoms with Crippen LogP contribution in [0, 0.1) is 5.92 Å². The summed E-state index contributed by atoms with van der Waals surface area (Å²) in [6, 6.07) is 7.17. The second-order valence-corrected chi connectivity index (χ2v) is 5.10. The number of rotatable bonds is 5.